The van der Waals surface area contributed by atoms with E-state index in [1.165, 1.54) is 0 Å². The van der Waals surface area contributed by atoms with Crippen molar-refractivity contribution < 1.29 is 14.6 Å². The fourth-order valence-electron chi connectivity index (χ4n) is 2.04. The number of allylic oxidation sites excluding steroid dienone is 1. The highest BCUT2D eigenvalue weighted by molar-refractivity contribution is 5.69. The molecule has 0 atom stereocenters. The molecule has 0 aromatic heterocycles. The molecule has 0 saturated carbocycles. The molecule has 0 amide bonds. The average Bonchev–Trinajstić information content (AvgIpc) is 2.28. The van der Waals surface area contributed by atoms with Crippen molar-refractivity contribution in [2.45, 2.75) is 18.9 Å². The first kappa shape index (κ1) is 12.6. The number of hydrogen-bond acceptors (Lipinski definition) is 3. The van der Waals surface area contributed by atoms with Crippen LogP contribution in [0.4, 0.5) is 0 Å². The van der Waals surface area contributed by atoms with E-state index in [1.54, 1.807) is 0 Å². The molecule has 4 nitrogen and oxygen atoms in total. The predicted octanol–water partition coefficient (Wildman–Crippen LogP) is 1.92. The molecule has 0 aliphatic carbocycles. The summed E-state index contributed by atoms with van der Waals surface area (Å²) < 4.78 is 5.94. The average molecular weight is 247 g/mol. The minimum atomic E-state index is -0.833. The molecule has 1 fully saturated rings. The van der Waals surface area contributed by atoms with Crippen LogP contribution in [0.1, 0.15) is 18.9 Å². The fourth-order valence-corrected chi connectivity index (χ4v) is 2.04. The second-order valence-corrected chi connectivity index (χ2v) is 4.50. The number of aliphatic carboxylic acids is 1. The summed E-state index contributed by atoms with van der Waals surface area (Å²) in [6.45, 7) is 3.08. The fraction of sp³-hybridized carbons (Fsp3) is 0.357. The van der Waals surface area contributed by atoms with Crippen molar-refractivity contribution >= 4 is 12.0 Å². The Morgan fingerprint density at radius 3 is 2.78 bits per heavy atom. The van der Waals surface area contributed by atoms with E-state index in [9.17, 15) is 4.79 Å². The van der Waals surface area contributed by atoms with Gasteiger partial charge in [0.25, 0.3) is 0 Å². The predicted molar refractivity (Wildman–Crippen MR) is 69.6 cm³/mol. The van der Waals surface area contributed by atoms with Crippen molar-refractivity contribution in [2.75, 3.05) is 13.1 Å². The number of nitrogens with one attached hydrogen (secondary N) is 1. The van der Waals surface area contributed by atoms with Gasteiger partial charge in [0.05, 0.1) is 6.42 Å². The first-order valence-electron chi connectivity index (χ1n) is 5.98. The van der Waals surface area contributed by atoms with Gasteiger partial charge in [-0.1, -0.05) is 30.4 Å². The van der Waals surface area contributed by atoms with Crippen molar-refractivity contribution in [3.63, 3.8) is 0 Å². The quantitative estimate of drug-likeness (QED) is 0.834. The molecule has 96 valence electrons. The van der Waals surface area contributed by atoms with E-state index in [2.05, 4.69) is 5.32 Å². The van der Waals surface area contributed by atoms with E-state index in [-0.39, 0.29) is 6.42 Å². The zero-order valence-corrected chi connectivity index (χ0v) is 10.3. The molecule has 1 saturated heterocycles. The Morgan fingerprint density at radius 2 is 2.22 bits per heavy atom. The number of hydrogen-bond donors (Lipinski definition) is 2. The van der Waals surface area contributed by atoms with E-state index >= 15 is 0 Å². The summed E-state index contributed by atoms with van der Waals surface area (Å²) in [6, 6.07) is 7.65. The summed E-state index contributed by atoms with van der Waals surface area (Å²) in [6.07, 6.45) is 3.91. The summed E-state index contributed by atoms with van der Waals surface area (Å²) in [5.74, 6) is -0.0987. The molecule has 1 aromatic carbocycles. The second-order valence-electron chi connectivity index (χ2n) is 4.50. The molecule has 18 heavy (non-hydrogen) atoms. The topological polar surface area (TPSA) is 58.6 Å². The van der Waals surface area contributed by atoms with Crippen molar-refractivity contribution in [2.24, 2.45) is 0 Å². The Balaban J connectivity index is 2.19. The minimum Gasteiger partial charge on any atom is -0.483 e. The van der Waals surface area contributed by atoms with Gasteiger partial charge in [-0.3, -0.25) is 4.79 Å². The van der Waals surface area contributed by atoms with E-state index in [0.29, 0.717) is 13.1 Å². The van der Waals surface area contributed by atoms with Crippen LogP contribution in [0.3, 0.4) is 0 Å². The maximum Gasteiger partial charge on any atom is 0.307 e. The molecule has 2 N–H and O–H groups in total. The van der Waals surface area contributed by atoms with Crippen LogP contribution in [0.25, 0.3) is 6.08 Å². The van der Waals surface area contributed by atoms with Gasteiger partial charge in [-0.2, -0.15) is 0 Å². The second kappa shape index (κ2) is 5.23. The van der Waals surface area contributed by atoms with Gasteiger partial charge in [0, 0.05) is 18.7 Å². The van der Waals surface area contributed by atoms with Crippen LogP contribution < -0.4 is 10.1 Å². The summed E-state index contributed by atoms with van der Waals surface area (Å²) in [4.78, 5) is 10.9. The molecule has 2 rings (SSSR count). The molecule has 1 aliphatic rings. The van der Waals surface area contributed by atoms with E-state index in [0.717, 1.165) is 11.3 Å². The van der Waals surface area contributed by atoms with E-state index in [4.69, 9.17) is 9.84 Å². The van der Waals surface area contributed by atoms with Crippen LogP contribution in [0.2, 0.25) is 0 Å². The number of carbonyl (C=O) groups is 1. The summed E-state index contributed by atoms with van der Waals surface area (Å²) in [7, 11) is 0. The molecule has 0 unspecified atom stereocenters. The van der Waals surface area contributed by atoms with Crippen molar-refractivity contribution in [1.29, 1.82) is 0 Å². The molecule has 0 bridgehead atoms. The Hall–Kier alpha value is -1.81. The van der Waals surface area contributed by atoms with Crippen LogP contribution in [0.5, 0.6) is 5.75 Å². The van der Waals surface area contributed by atoms with Crippen LogP contribution in [-0.4, -0.2) is 29.8 Å². The van der Waals surface area contributed by atoms with Gasteiger partial charge in [0.2, 0.25) is 0 Å². The SMILES string of the molecule is C/C=C/c1ccccc1OC1(CC(=O)O)CNC1. The van der Waals surface area contributed by atoms with Gasteiger partial charge in [0.1, 0.15) is 11.4 Å². The van der Waals surface area contributed by atoms with Gasteiger partial charge < -0.3 is 15.2 Å². The van der Waals surface area contributed by atoms with Gasteiger partial charge in [0.15, 0.2) is 0 Å². The lowest BCUT2D eigenvalue weighted by atomic mass is 9.92. The largest absolute Gasteiger partial charge is 0.483 e. The van der Waals surface area contributed by atoms with Gasteiger partial charge in [-0.25, -0.2) is 0 Å². The Bertz CT molecular complexity index is 464. The lowest BCUT2D eigenvalue weighted by Gasteiger charge is -2.41. The number of carboxylic acids is 1. The molecular formula is C14H17NO3. The molecule has 1 aromatic rings. The molecule has 0 radical (unpaired) electrons. The molecule has 1 aliphatic heterocycles. The zero-order valence-electron chi connectivity index (χ0n) is 10.3. The highest BCUT2D eigenvalue weighted by Gasteiger charge is 2.41. The van der Waals surface area contributed by atoms with Gasteiger partial charge in [-0.15, -0.1) is 0 Å². The third-order valence-electron chi connectivity index (χ3n) is 2.96. The van der Waals surface area contributed by atoms with E-state index in [1.807, 2.05) is 43.3 Å². The third-order valence-corrected chi connectivity index (χ3v) is 2.96. The first-order valence-corrected chi connectivity index (χ1v) is 5.98. The number of rotatable bonds is 5. The van der Waals surface area contributed by atoms with Gasteiger partial charge >= 0.3 is 5.97 Å². The molecular weight excluding hydrogens is 230 g/mol. The normalized spacial score (nSPS) is 17.4. The standard InChI is InChI=1S/C14H17NO3/c1-2-5-11-6-3-4-7-12(11)18-14(8-13(16)17)9-15-10-14/h2-7,15H,8-10H2,1H3,(H,16,17)/b5-2+. The summed E-state index contributed by atoms with van der Waals surface area (Å²) in [5.41, 5.74) is 0.362. The van der Waals surface area contributed by atoms with Crippen molar-refractivity contribution in [1.82, 2.24) is 5.32 Å². The Kier molecular flexibility index (Phi) is 3.67. The molecule has 4 heteroatoms. The Labute approximate surface area is 106 Å². The maximum atomic E-state index is 10.9. The van der Waals surface area contributed by atoms with E-state index < -0.39 is 11.6 Å². The smallest absolute Gasteiger partial charge is 0.307 e. The molecule has 1 heterocycles. The minimum absolute atomic E-state index is 0.0180. The highest BCUT2D eigenvalue weighted by atomic mass is 16.5. The number of ether oxygens (including phenoxy) is 1. The highest BCUT2D eigenvalue weighted by Crippen LogP contribution is 2.28. The number of carboxylic acid groups (broad SMARTS) is 1. The lowest BCUT2D eigenvalue weighted by molar-refractivity contribution is -0.143. The van der Waals surface area contributed by atoms with Gasteiger partial charge in [-0.05, 0) is 13.0 Å². The monoisotopic (exact) mass is 247 g/mol. The summed E-state index contributed by atoms with van der Waals surface area (Å²) in [5, 5.41) is 12.0. The molecule has 0 spiro atoms. The van der Waals surface area contributed by atoms with Crippen molar-refractivity contribution in [3.05, 3.63) is 35.9 Å². The van der Waals surface area contributed by atoms with Crippen LogP contribution in [0.15, 0.2) is 30.3 Å². The first-order chi connectivity index (χ1) is 8.65. The Morgan fingerprint density at radius 1 is 1.50 bits per heavy atom. The van der Waals surface area contributed by atoms with Crippen LogP contribution in [-0.2, 0) is 4.79 Å². The maximum absolute atomic E-state index is 10.9. The number of benzene rings is 1. The van der Waals surface area contributed by atoms with Crippen molar-refractivity contribution in [3.8, 4) is 5.75 Å². The number of para-hydroxylation sites is 1. The van der Waals surface area contributed by atoms with Crippen LogP contribution >= 0.6 is 0 Å². The lowest BCUT2D eigenvalue weighted by Crippen LogP contribution is -2.64. The van der Waals surface area contributed by atoms with Crippen LogP contribution in [0, 0.1) is 0 Å². The zero-order chi connectivity index (χ0) is 13.0. The third kappa shape index (κ3) is 2.71. The summed E-state index contributed by atoms with van der Waals surface area (Å²) >= 11 is 0.